The first kappa shape index (κ1) is 17.1. The molecule has 3 rings (SSSR count). The van der Waals surface area contributed by atoms with Gasteiger partial charge in [-0.05, 0) is 29.2 Å². The van der Waals surface area contributed by atoms with Gasteiger partial charge < -0.3 is 14.6 Å². The van der Waals surface area contributed by atoms with Crippen LogP contribution in [0.3, 0.4) is 0 Å². The summed E-state index contributed by atoms with van der Waals surface area (Å²) >= 11 is 0. The first-order valence-electron chi connectivity index (χ1n) is 8.42. The van der Waals surface area contributed by atoms with E-state index >= 15 is 0 Å². The molecule has 25 heavy (non-hydrogen) atoms. The van der Waals surface area contributed by atoms with Gasteiger partial charge in [-0.25, -0.2) is 0 Å². The maximum atomic E-state index is 9.26. The number of ether oxygens (including phenoxy) is 2. The molecule has 0 spiro atoms. The van der Waals surface area contributed by atoms with Crippen molar-refractivity contribution >= 4 is 0 Å². The molecule has 3 nitrogen and oxygen atoms in total. The van der Waals surface area contributed by atoms with Crippen LogP contribution in [0.15, 0.2) is 78.9 Å². The lowest BCUT2D eigenvalue weighted by atomic mass is 10.1. The van der Waals surface area contributed by atoms with Gasteiger partial charge in [-0.15, -0.1) is 0 Å². The molecule has 0 heterocycles. The number of aliphatic hydroxyl groups is 1. The predicted molar refractivity (Wildman–Crippen MR) is 98.8 cm³/mol. The van der Waals surface area contributed by atoms with E-state index in [1.807, 2.05) is 78.9 Å². The second kappa shape index (κ2) is 8.90. The number of hydrogen-bond donors (Lipinski definition) is 1. The minimum atomic E-state index is 0.0892. The van der Waals surface area contributed by atoms with E-state index in [9.17, 15) is 5.11 Å². The van der Waals surface area contributed by atoms with Gasteiger partial charge in [-0.3, -0.25) is 0 Å². The van der Waals surface area contributed by atoms with Crippen LogP contribution in [0.1, 0.15) is 16.7 Å². The fourth-order valence-electron chi connectivity index (χ4n) is 2.56. The fraction of sp³-hybridized carbons (Fsp3) is 0.182. The highest BCUT2D eigenvalue weighted by molar-refractivity contribution is 5.41. The van der Waals surface area contributed by atoms with Crippen LogP contribution in [0.2, 0.25) is 0 Å². The second-order valence-corrected chi connectivity index (χ2v) is 5.79. The molecule has 0 aliphatic carbocycles. The van der Waals surface area contributed by atoms with Crippen molar-refractivity contribution in [2.24, 2.45) is 0 Å². The summed E-state index contributed by atoms with van der Waals surface area (Å²) in [4.78, 5) is 0. The highest BCUT2D eigenvalue weighted by Crippen LogP contribution is 2.27. The van der Waals surface area contributed by atoms with Gasteiger partial charge in [0.25, 0.3) is 0 Å². The van der Waals surface area contributed by atoms with E-state index in [-0.39, 0.29) is 6.61 Å². The van der Waals surface area contributed by atoms with Crippen molar-refractivity contribution in [3.8, 4) is 11.5 Å². The Hall–Kier alpha value is -2.78. The van der Waals surface area contributed by atoms with Crippen LogP contribution >= 0.6 is 0 Å². The van der Waals surface area contributed by atoms with Crippen LogP contribution in [0.5, 0.6) is 11.5 Å². The molecular weight excluding hydrogens is 312 g/mol. The lowest BCUT2D eigenvalue weighted by Crippen LogP contribution is -2.02. The van der Waals surface area contributed by atoms with Gasteiger partial charge in [-0.2, -0.15) is 0 Å². The summed E-state index contributed by atoms with van der Waals surface area (Å²) in [7, 11) is 0. The van der Waals surface area contributed by atoms with Gasteiger partial charge in [0.1, 0.15) is 24.7 Å². The third-order valence-corrected chi connectivity index (χ3v) is 3.91. The molecule has 0 amide bonds. The lowest BCUT2D eigenvalue weighted by Gasteiger charge is -2.14. The molecule has 3 heteroatoms. The molecule has 1 N–H and O–H groups in total. The smallest absolute Gasteiger partial charge is 0.126 e. The monoisotopic (exact) mass is 334 g/mol. The number of hydrogen-bond acceptors (Lipinski definition) is 3. The average molecular weight is 334 g/mol. The zero-order chi connectivity index (χ0) is 17.3. The predicted octanol–water partition coefficient (Wildman–Crippen LogP) is 4.38. The Morgan fingerprint density at radius 3 is 1.88 bits per heavy atom. The third kappa shape index (κ3) is 5.10. The van der Waals surface area contributed by atoms with E-state index in [1.165, 1.54) is 0 Å². The fourth-order valence-corrected chi connectivity index (χ4v) is 2.56. The minimum absolute atomic E-state index is 0.0892. The molecule has 0 aliphatic heterocycles. The van der Waals surface area contributed by atoms with E-state index in [4.69, 9.17) is 9.47 Å². The summed E-state index contributed by atoms with van der Waals surface area (Å²) in [5.74, 6) is 1.51. The Morgan fingerprint density at radius 2 is 1.28 bits per heavy atom. The van der Waals surface area contributed by atoms with Crippen molar-refractivity contribution in [2.75, 3.05) is 6.61 Å². The Labute approximate surface area is 148 Å². The first-order valence-corrected chi connectivity index (χ1v) is 8.42. The average Bonchev–Trinajstić information content (AvgIpc) is 2.68. The van der Waals surface area contributed by atoms with Gasteiger partial charge in [0.2, 0.25) is 0 Å². The van der Waals surface area contributed by atoms with Crippen molar-refractivity contribution in [3.63, 3.8) is 0 Å². The topological polar surface area (TPSA) is 38.7 Å². The molecule has 0 fully saturated rings. The van der Waals surface area contributed by atoms with E-state index in [2.05, 4.69) is 0 Å². The maximum absolute atomic E-state index is 9.26. The maximum Gasteiger partial charge on any atom is 0.126 e. The van der Waals surface area contributed by atoms with Crippen LogP contribution < -0.4 is 9.47 Å². The summed E-state index contributed by atoms with van der Waals surface area (Å²) < 4.78 is 11.9. The normalized spacial score (nSPS) is 10.4. The Balaban J connectivity index is 1.70. The van der Waals surface area contributed by atoms with Crippen LogP contribution in [0, 0.1) is 0 Å². The summed E-state index contributed by atoms with van der Waals surface area (Å²) in [5, 5.41) is 9.26. The van der Waals surface area contributed by atoms with Crippen LogP contribution in [-0.4, -0.2) is 11.7 Å². The number of aliphatic hydroxyl groups excluding tert-OH is 1. The van der Waals surface area contributed by atoms with Gasteiger partial charge in [0.05, 0.1) is 0 Å². The first-order chi connectivity index (χ1) is 12.3. The van der Waals surface area contributed by atoms with Crippen LogP contribution in [0.4, 0.5) is 0 Å². The minimum Gasteiger partial charge on any atom is -0.489 e. The molecule has 0 saturated carbocycles. The zero-order valence-corrected chi connectivity index (χ0v) is 14.1. The quantitative estimate of drug-likeness (QED) is 0.664. The van der Waals surface area contributed by atoms with Crippen LogP contribution in [-0.2, 0) is 19.6 Å². The standard InChI is InChI=1S/C22H22O3/c23-14-13-20-11-12-21(24-16-18-7-3-1-4-8-18)15-22(20)25-17-19-9-5-2-6-10-19/h1-12,15,23H,13-14,16-17H2. The van der Waals surface area contributed by atoms with Gasteiger partial charge in [0, 0.05) is 12.7 Å². The summed E-state index contributed by atoms with van der Waals surface area (Å²) in [6, 6.07) is 25.9. The van der Waals surface area contributed by atoms with Crippen molar-refractivity contribution in [2.45, 2.75) is 19.6 Å². The highest BCUT2D eigenvalue weighted by atomic mass is 16.5. The zero-order valence-electron chi connectivity index (χ0n) is 14.1. The van der Waals surface area contributed by atoms with Crippen molar-refractivity contribution in [1.29, 1.82) is 0 Å². The second-order valence-electron chi connectivity index (χ2n) is 5.79. The van der Waals surface area contributed by atoms with Gasteiger partial charge >= 0.3 is 0 Å². The molecule has 0 aromatic heterocycles. The number of rotatable bonds is 8. The number of benzene rings is 3. The van der Waals surface area contributed by atoms with E-state index in [1.54, 1.807) is 0 Å². The molecule has 0 unspecified atom stereocenters. The van der Waals surface area contributed by atoms with E-state index in [0.717, 1.165) is 28.2 Å². The van der Waals surface area contributed by atoms with E-state index < -0.39 is 0 Å². The molecule has 0 bridgehead atoms. The Kier molecular flexibility index (Phi) is 6.07. The SMILES string of the molecule is OCCc1ccc(OCc2ccccc2)cc1OCc1ccccc1. The Bertz CT molecular complexity index is 770. The van der Waals surface area contributed by atoms with Gasteiger partial charge in [0.15, 0.2) is 0 Å². The molecule has 0 atom stereocenters. The van der Waals surface area contributed by atoms with Crippen molar-refractivity contribution < 1.29 is 14.6 Å². The van der Waals surface area contributed by atoms with Crippen molar-refractivity contribution in [3.05, 3.63) is 95.6 Å². The molecular formula is C22H22O3. The molecule has 0 aliphatic rings. The highest BCUT2D eigenvalue weighted by Gasteiger charge is 2.07. The Morgan fingerprint density at radius 1 is 0.680 bits per heavy atom. The summed E-state index contributed by atoms with van der Waals surface area (Å²) in [6.07, 6.45) is 0.559. The van der Waals surface area contributed by atoms with Crippen LogP contribution in [0.25, 0.3) is 0 Å². The molecule has 3 aromatic rings. The molecule has 0 radical (unpaired) electrons. The molecule has 3 aromatic carbocycles. The largest absolute Gasteiger partial charge is 0.489 e. The van der Waals surface area contributed by atoms with Crippen molar-refractivity contribution in [1.82, 2.24) is 0 Å². The molecule has 0 saturated heterocycles. The van der Waals surface area contributed by atoms with Gasteiger partial charge in [-0.1, -0.05) is 66.7 Å². The van der Waals surface area contributed by atoms with E-state index in [0.29, 0.717) is 19.6 Å². The third-order valence-electron chi connectivity index (χ3n) is 3.91. The summed E-state index contributed by atoms with van der Waals surface area (Å²) in [6.45, 7) is 1.09. The lowest BCUT2D eigenvalue weighted by molar-refractivity contribution is 0.277. The summed E-state index contributed by atoms with van der Waals surface area (Å²) in [5.41, 5.74) is 3.20. The molecule has 128 valence electrons.